The van der Waals surface area contributed by atoms with Gasteiger partial charge in [0.05, 0.1) is 0 Å². The van der Waals surface area contributed by atoms with Crippen LogP contribution in [0.1, 0.15) is 19.8 Å². The zero-order chi connectivity index (χ0) is 8.77. The molecule has 2 atom stereocenters. The zero-order valence-corrected chi connectivity index (χ0v) is 8.71. The van der Waals surface area contributed by atoms with Crippen LogP contribution in [0.25, 0.3) is 0 Å². The molecule has 2 nitrogen and oxygen atoms in total. The van der Waals surface area contributed by atoms with Gasteiger partial charge in [-0.3, -0.25) is 4.99 Å². The highest BCUT2D eigenvalue weighted by molar-refractivity contribution is 9.12. The first kappa shape index (κ1) is 8.45. The summed E-state index contributed by atoms with van der Waals surface area (Å²) in [6.45, 7) is 2.20. The third kappa shape index (κ3) is 1.25. The van der Waals surface area contributed by atoms with Crippen LogP contribution in [0.3, 0.4) is 0 Å². The van der Waals surface area contributed by atoms with Crippen molar-refractivity contribution in [2.24, 2.45) is 22.1 Å². The molecule has 0 aromatic heterocycles. The number of rotatable bonds is 1. The van der Waals surface area contributed by atoms with E-state index >= 15 is 0 Å². The van der Waals surface area contributed by atoms with Crippen molar-refractivity contribution in [2.75, 3.05) is 0 Å². The first-order chi connectivity index (χ1) is 5.63. The van der Waals surface area contributed by atoms with E-state index in [1.807, 2.05) is 0 Å². The maximum Gasteiger partial charge on any atom is 0.106 e. The second-order valence-electron chi connectivity index (χ2n) is 3.89. The SMILES string of the molecule is CC1(C2CC2)C=C(Br)C=NC1N. The van der Waals surface area contributed by atoms with Gasteiger partial charge >= 0.3 is 0 Å². The van der Waals surface area contributed by atoms with Gasteiger partial charge in [0.25, 0.3) is 0 Å². The van der Waals surface area contributed by atoms with Crippen LogP contribution < -0.4 is 5.73 Å². The number of aliphatic imine (C=N–C) groups is 1. The molecule has 2 unspecified atom stereocenters. The Bertz CT molecular complexity index is 255. The lowest BCUT2D eigenvalue weighted by Gasteiger charge is -2.32. The smallest absolute Gasteiger partial charge is 0.106 e. The van der Waals surface area contributed by atoms with Crippen molar-refractivity contribution in [3.63, 3.8) is 0 Å². The van der Waals surface area contributed by atoms with Gasteiger partial charge in [-0.1, -0.05) is 13.0 Å². The molecule has 1 saturated carbocycles. The van der Waals surface area contributed by atoms with Crippen molar-refractivity contribution in [1.82, 2.24) is 0 Å². The summed E-state index contributed by atoms with van der Waals surface area (Å²) in [6, 6.07) is 0. The van der Waals surface area contributed by atoms with E-state index in [1.165, 1.54) is 12.8 Å². The average Bonchev–Trinajstić information content (AvgIpc) is 2.79. The minimum atomic E-state index is -0.0497. The van der Waals surface area contributed by atoms with Crippen LogP contribution in [0.15, 0.2) is 15.6 Å². The number of dihydropyridines is 1. The maximum absolute atomic E-state index is 5.95. The van der Waals surface area contributed by atoms with E-state index in [9.17, 15) is 0 Å². The molecule has 66 valence electrons. The number of halogens is 1. The Hall–Kier alpha value is -0.150. The second-order valence-corrected chi connectivity index (χ2v) is 4.81. The van der Waals surface area contributed by atoms with Gasteiger partial charge in [-0.15, -0.1) is 0 Å². The summed E-state index contributed by atoms with van der Waals surface area (Å²) >= 11 is 3.44. The molecule has 0 saturated heterocycles. The highest BCUT2D eigenvalue weighted by Gasteiger charge is 2.45. The summed E-state index contributed by atoms with van der Waals surface area (Å²) in [5.74, 6) is 0.748. The molecule has 2 N–H and O–H groups in total. The minimum absolute atomic E-state index is 0.0497. The van der Waals surface area contributed by atoms with Crippen molar-refractivity contribution in [1.29, 1.82) is 0 Å². The molecule has 0 bridgehead atoms. The van der Waals surface area contributed by atoms with Crippen molar-refractivity contribution in [2.45, 2.75) is 25.9 Å². The van der Waals surface area contributed by atoms with E-state index in [0.717, 1.165) is 10.4 Å². The molecule has 1 aliphatic heterocycles. The van der Waals surface area contributed by atoms with E-state index in [0.29, 0.717) is 0 Å². The Kier molecular flexibility index (Phi) is 1.88. The minimum Gasteiger partial charge on any atom is -0.309 e. The maximum atomic E-state index is 5.95. The Morgan fingerprint density at radius 3 is 2.92 bits per heavy atom. The lowest BCUT2D eigenvalue weighted by Crippen LogP contribution is -2.40. The Morgan fingerprint density at radius 1 is 1.67 bits per heavy atom. The molecule has 3 heteroatoms. The molecular formula is C9H13BrN2. The Labute approximate surface area is 81.1 Å². The van der Waals surface area contributed by atoms with Crippen LogP contribution in [0, 0.1) is 11.3 Å². The molecule has 1 fully saturated rings. The molecule has 0 spiro atoms. The molecule has 0 radical (unpaired) electrons. The predicted molar refractivity (Wildman–Crippen MR) is 54.3 cm³/mol. The first-order valence-electron chi connectivity index (χ1n) is 4.30. The predicted octanol–water partition coefficient (Wildman–Crippen LogP) is 2.05. The molecule has 1 aliphatic carbocycles. The number of hydrogen-bond acceptors (Lipinski definition) is 2. The molecule has 2 rings (SSSR count). The summed E-state index contributed by atoms with van der Waals surface area (Å²) < 4.78 is 1.07. The third-order valence-corrected chi connectivity index (χ3v) is 3.34. The van der Waals surface area contributed by atoms with Gasteiger partial charge in [0.15, 0.2) is 0 Å². The summed E-state index contributed by atoms with van der Waals surface area (Å²) in [6.07, 6.45) is 6.57. The van der Waals surface area contributed by atoms with Crippen LogP contribution in [-0.2, 0) is 0 Å². The molecule has 12 heavy (non-hydrogen) atoms. The van der Waals surface area contributed by atoms with Crippen molar-refractivity contribution in [3.8, 4) is 0 Å². The number of nitrogens with two attached hydrogens (primary N) is 1. The second kappa shape index (κ2) is 2.67. The van der Waals surface area contributed by atoms with Gasteiger partial charge in [-0.05, 0) is 34.7 Å². The van der Waals surface area contributed by atoms with E-state index in [-0.39, 0.29) is 11.6 Å². The van der Waals surface area contributed by atoms with Crippen LogP contribution in [-0.4, -0.2) is 12.4 Å². The van der Waals surface area contributed by atoms with Gasteiger partial charge in [-0.2, -0.15) is 0 Å². The molecule has 0 aromatic rings. The van der Waals surface area contributed by atoms with Crippen LogP contribution >= 0.6 is 15.9 Å². The highest BCUT2D eigenvalue weighted by atomic mass is 79.9. The summed E-state index contributed by atoms with van der Waals surface area (Å²) in [4.78, 5) is 4.26. The number of allylic oxidation sites excluding steroid dienone is 1. The largest absolute Gasteiger partial charge is 0.309 e. The lowest BCUT2D eigenvalue weighted by molar-refractivity contribution is 0.292. The lowest BCUT2D eigenvalue weighted by atomic mass is 9.80. The zero-order valence-electron chi connectivity index (χ0n) is 7.13. The van der Waals surface area contributed by atoms with Crippen molar-refractivity contribution in [3.05, 3.63) is 10.6 Å². The van der Waals surface area contributed by atoms with E-state index < -0.39 is 0 Å². The van der Waals surface area contributed by atoms with Crippen LogP contribution in [0.2, 0.25) is 0 Å². The number of nitrogens with zero attached hydrogens (tertiary/aromatic N) is 1. The van der Waals surface area contributed by atoms with Gasteiger partial charge < -0.3 is 5.73 Å². The number of hydrogen-bond donors (Lipinski definition) is 1. The Morgan fingerprint density at radius 2 is 2.33 bits per heavy atom. The van der Waals surface area contributed by atoms with Gasteiger partial charge in [0.1, 0.15) is 6.17 Å². The molecule has 2 aliphatic rings. The quantitative estimate of drug-likeness (QED) is 0.734. The van der Waals surface area contributed by atoms with E-state index in [2.05, 4.69) is 33.9 Å². The van der Waals surface area contributed by atoms with Gasteiger partial charge in [-0.25, -0.2) is 0 Å². The molecule has 1 heterocycles. The van der Waals surface area contributed by atoms with E-state index in [1.54, 1.807) is 6.21 Å². The fraction of sp³-hybridized carbons (Fsp3) is 0.667. The van der Waals surface area contributed by atoms with Crippen LogP contribution in [0.4, 0.5) is 0 Å². The molecule has 0 amide bonds. The van der Waals surface area contributed by atoms with Gasteiger partial charge in [0.2, 0.25) is 0 Å². The normalized spacial score (nSPS) is 41.2. The highest BCUT2D eigenvalue weighted by Crippen LogP contribution is 2.49. The molecular weight excluding hydrogens is 216 g/mol. The first-order valence-corrected chi connectivity index (χ1v) is 5.09. The van der Waals surface area contributed by atoms with Crippen molar-refractivity contribution < 1.29 is 0 Å². The van der Waals surface area contributed by atoms with Gasteiger partial charge in [0, 0.05) is 16.1 Å². The fourth-order valence-corrected chi connectivity index (χ4v) is 2.41. The monoisotopic (exact) mass is 228 g/mol. The standard InChI is InChI=1S/C9H13BrN2/c1-9(6-2-3-6)4-7(10)5-12-8(9)11/h4-6,8H,2-3,11H2,1H3. The molecule has 0 aromatic carbocycles. The topological polar surface area (TPSA) is 38.4 Å². The van der Waals surface area contributed by atoms with E-state index in [4.69, 9.17) is 5.73 Å². The summed E-state index contributed by atoms with van der Waals surface area (Å²) in [7, 11) is 0. The average molecular weight is 229 g/mol. The van der Waals surface area contributed by atoms with Crippen LogP contribution in [0.5, 0.6) is 0 Å². The van der Waals surface area contributed by atoms with Crippen molar-refractivity contribution >= 4 is 22.1 Å². The summed E-state index contributed by atoms with van der Waals surface area (Å²) in [5.41, 5.74) is 6.04. The fourth-order valence-electron chi connectivity index (χ4n) is 1.80. The summed E-state index contributed by atoms with van der Waals surface area (Å²) in [5, 5.41) is 0. The third-order valence-electron chi connectivity index (χ3n) is 2.90. The Balaban J connectivity index is 2.28.